The van der Waals surface area contributed by atoms with E-state index in [0.717, 1.165) is 56.1 Å². The lowest BCUT2D eigenvalue weighted by atomic mass is 9.76. The number of aliphatic hydroxyl groups is 1. The molecule has 230 valence electrons. The number of likely N-dealkylation sites (tertiary alicyclic amines) is 1. The van der Waals surface area contributed by atoms with Gasteiger partial charge in [-0.2, -0.15) is 0 Å². The highest BCUT2D eigenvalue weighted by Crippen LogP contribution is 2.41. The van der Waals surface area contributed by atoms with Crippen molar-refractivity contribution in [3.05, 3.63) is 53.3 Å². The van der Waals surface area contributed by atoms with Crippen LogP contribution in [0.2, 0.25) is 0 Å². The van der Waals surface area contributed by atoms with E-state index in [2.05, 4.69) is 33.5 Å². The summed E-state index contributed by atoms with van der Waals surface area (Å²) in [5, 5.41) is 16.8. The van der Waals surface area contributed by atoms with Crippen LogP contribution in [0.3, 0.4) is 0 Å². The lowest BCUT2D eigenvalue weighted by molar-refractivity contribution is -0.166. The Morgan fingerprint density at radius 2 is 1.88 bits per heavy atom. The van der Waals surface area contributed by atoms with Gasteiger partial charge >= 0.3 is 0 Å². The Kier molecular flexibility index (Phi) is 8.42. The summed E-state index contributed by atoms with van der Waals surface area (Å²) in [6.07, 6.45) is 11.0. The first kappa shape index (κ1) is 29.6. The molecule has 10 nitrogen and oxygen atoms in total. The highest BCUT2D eigenvalue weighted by molar-refractivity contribution is 6.03. The van der Waals surface area contributed by atoms with Gasteiger partial charge in [-0.25, -0.2) is 4.99 Å². The van der Waals surface area contributed by atoms with E-state index in [1.54, 1.807) is 31.3 Å². The number of aliphatic imine (C=N–C) groups is 1. The molecule has 2 saturated heterocycles. The zero-order valence-corrected chi connectivity index (χ0v) is 25.2. The van der Waals surface area contributed by atoms with Crippen molar-refractivity contribution in [1.29, 1.82) is 0 Å². The summed E-state index contributed by atoms with van der Waals surface area (Å²) in [6, 6.07) is 6.12. The maximum Gasteiger partial charge on any atom is 0.251 e. The van der Waals surface area contributed by atoms with E-state index in [9.17, 15) is 19.5 Å². The van der Waals surface area contributed by atoms with Gasteiger partial charge in [-0.1, -0.05) is 32.6 Å². The Morgan fingerprint density at radius 1 is 1.16 bits per heavy atom. The summed E-state index contributed by atoms with van der Waals surface area (Å²) in [5.41, 5.74) is 1.76. The van der Waals surface area contributed by atoms with Crippen LogP contribution < -0.4 is 15.4 Å². The van der Waals surface area contributed by atoms with Crippen LogP contribution in [0.1, 0.15) is 75.1 Å². The Morgan fingerprint density at radius 3 is 2.53 bits per heavy atom. The number of fused-ring (bicyclic) bond motifs is 2. The molecule has 1 unspecified atom stereocenters. The molecule has 3 aliphatic heterocycles. The Hall–Kier alpha value is -3.50. The number of carbonyl (C=O) groups is 3. The molecular weight excluding hydrogens is 546 g/mol. The first-order chi connectivity index (χ1) is 20.9. The molecule has 0 radical (unpaired) electrons. The van der Waals surface area contributed by atoms with E-state index in [1.165, 1.54) is 0 Å². The third kappa shape index (κ3) is 5.40. The van der Waals surface area contributed by atoms with Gasteiger partial charge in [0.2, 0.25) is 17.7 Å². The van der Waals surface area contributed by atoms with Crippen LogP contribution in [0.25, 0.3) is 0 Å². The van der Waals surface area contributed by atoms with E-state index in [-0.39, 0.29) is 29.7 Å². The third-order valence-electron chi connectivity index (χ3n) is 10.0. The van der Waals surface area contributed by atoms with Crippen LogP contribution in [0.5, 0.6) is 5.75 Å². The summed E-state index contributed by atoms with van der Waals surface area (Å²) in [4.78, 5) is 48.3. The number of piperazine rings is 1. The molecule has 3 amide bonds. The van der Waals surface area contributed by atoms with Crippen LogP contribution >= 0.6 is 0 Å². The van der Waals surface area contributed by atoms with Gasteiger partial charge < -0.3 is 25.4 Å². The Bertz CT molecular complexity index is 1330. The van der Waals surface area contributed by atoms with Gasteiger partial charge in [0, 0.05) is 44.0 Å². The van der Waals surface area contributed by atoms with Crippen molar-refractivity contribution >= 4 is 23.6 Å². The second kappa shape index (κ2) is 12.2. The van der Waals surface area contributed by atoms with E-state index in [4.69, 9.17) is 4.74 Å². The molecule has 1 aromatic carbocycles. The standard InChI is InChI=1S/C33H43N5O5/c1-3-4-16-38-31(41)26(28(39)21-8-6-5-7-9-21)36-32(42)33(38)14-17-37(18-15-33)27-23-19-25(27)30(35-20-23)43-24-12-10-22(11-13-24)29(40)34-2/h10-13,19-21,26-28,39H,3-9,14-18H2,1-2H3,(H,34,40)(H,36,42)/t26-,27?,28-/m1/s1. The second-order valence-electron chi connectivity index (χ2n) is 12.5. The van der Waals surface area contributed by atoms with Gasteiger partial charge in [0.25, 0.3) is 5.91 Å². The van der Waals surface area contributed by atoms with Crippen LogP contribution in [0.15, 0.2) is 52.7 Å². The molecule has 3 N–H and O–H groups in total. The van der Waals surface area contributed by atoms with Crippen molar-refractivity contribution in [2.75, 3.05) is 26.7 Å². The minimum atomic E-state index is -0.896. The highest BCUT2D eigenvalue weighted by Gasteiger charge is 2.56. The zero-order valence-electron chi connectivity index (χ0n) is 25.2. The first-order valence-electron chi connectivity index (χ1n) is 15.9. The number of benzene rings is 1. The predicted molar refractivity (Wildman–Crippen MR) is 163 cm³/mol. The smallest absolute Gasteiger partial charge is 0.251 e. The zero-order chi connectivity index (χ0) is 30.1. The van der Waals surface area contributed by atoms with Gasteiger partial charge in [0.05, 0.1) is 12.1 Å². The molecule has 2 aliphatic carbocycles. The summed E-state index contributed by atoms with van der Waals surface area (Å²) in [7, 11) is 1.60. The van der Waals surface area contributed by atoms with E-state index in [1.807, 2.05) is 11.1 Å². The number of rotatable bonds is 8. The summed E-state index contributed by atoms with van der Waals surface area (Å²) in [6.45, 7) is 3.91. The van der Waals surface area contributed by atoms with Crippen molar-refractivity contribution in [1.82, 2.24) is 20.4 Å². The number of nitrogens with one attached hydrogen (secondary N) is 2. The molecule has 3 fully saturated rings. The van der Waals surface area contributed by atoms with Gasteiger partial charge in [-0.3, -0.25) is 19.3 Å². The summed E-state index contributed by atoms with van der Waals surface area (Å²) >= 11 is 0. The third-order valence-corrected chi connectivity index (χ3v) is 10.0. The molecule has 6 rings (SSSR count). The van der Waals surface area contributed by atoms with E-state index in [0.29, 0.717) is 49.7 Å². The fourth-order valence-corrected chi connectivity index (χ4v) is 7.45. The minimum absolute atomic E-state index is 0.0299. The van der Waals surface area contributed by atoms with Crippen molar-refractivity contribution in [2.24, 2.45) is 10.9 Å². The molecular formula is C33H43N5O5. The van der Waals surface area contributed by atoms with Crippen molar-refractivity contribution in [3.63, 3.8) is 0 Å². The monoisotopic (exact) mass is 589 g/mol. The topological polar surface area (TPSA) is 124 Å². The number of hydrogen-bond acceptors (Lipinski definition) is 7. The van der Waals surface area contributed by atoms with Crippen molar-refractivity contribution < 1.29 is 24.2 Å². The first-order valence-corrected chi connectivity index (χ1v) is 15.9. The van der Waals surface area contributed by atoms with Crippen LogP contribution in [0, 0.1) is 5.92 Å². The normalized spacial score (nSPS) is 26.1. The molecule has 1 spiro atoms. The second-order valence-corrected chi connectivity index (χ2v) is 12.5. The van der Waals surface area contributed by atoms with Crippen LogP contribution in [-0.2, 0) is 9.59 Å². The highest BCUT2D eigenvalue weighted by atomic mass is 16.5. The maximum absolute atomic E-state index is 13.9. The molecule has 5 aliphatic rings. The number of unbranched alkanes of at least 4 members (excludes halogenated alkanes) is 1. The summed E-state index contributed by atoms with van der Waals surface area (Å²) < 4.78 is 6.12. The van der Waals surface area contributed by atoms with Crippen LogP contribution in [0.4, 0.5) is 0 Å². The fourth-order valence-electron chi connectivity index (χ4n) is 7.45. The molecule has 3 atom stereocenters. The maximum atomic E-state index is 13.9. The molecule has 10 heteroatoms. The number of aliphatic hydroxyl groups excluding tert-OH is 1. The minimum Gasteiger partial charge on any atom is -0.439 e. The largest absolute Gasteiger partial charge is 0.439 e. The summed E-state index contributed by atoms with van der Waals surface area (Å²) in [5.74, 6) is 0.773. The quantitative estimate of drug-likeness (QED) is 0.429. The average molecular weight is 590 g/mol. The SMILES string of the molecule is CCCCN1C(=O)[C@@H]([C@H](O)C2CCCCC2)NC(=O)C12CCN(C1c3cnc(Oc4ccc(C(=O)NC)cc4)c1c3)CC2. The molecule has 3 heterocycles. The van der Waals surface area contributed by atoms with E-state index >= 15 is 0 Å². The lowest BCUT2D eigenvalue weighted by Gasteiger charge is -2.54. The molecule has 0 aromatic heterocycles. The predicted octanol–water partition coefficient (Wildman–Crippen LogP) is 2.93. The van der Waals surface area contributed by atoms with E-state index < -0.39 is 17.7 Å². The number of amides is 3. The lowest BCUT2D eigenvalue weighted by Crippen LogP contribution is -2.75. The molecule has 43 heavy (non-hydrogen) atoms. The van der Waals surface area contributed by atoms with Gasteiger partial charge in [0.1, 0.15) is 17.3 Å². The number of piperidine rings is 1. The van der Waals surface area contributed by atoms with Crippen molar-refractivity contribution in [3.8, 4) is 5.75 Å². The van der Waals surface area contributed by atoms with Crippen molar-refractivity contribution in [2.45, 2.75) is 88.4 Å². The molecule has 1 aromatic rings. The number of nitrogens with zero attached hydrogens (tertiary/aromatic N) is 3. The number of carbonyl (C=O) groups excluding carboxylic acids is 3. The van der Waals surface area contributed by atoms with Gasteiger partial charge in [-0.15, -0.1) is 0 Å². The van der Waals surface area contributed by atoms with Gasteiger partial charge in [0.15, 0.2) is 0 Å². The Labute approximate surface area is 253 Å². The van der Waals surface area contributed by atoms with Crippen LogP contribution in [-0.4, -0.2) is 88.9 Å². The number of hydrogen-bond donors (Lipinski definition) is 3. The van der Waals surface area contributed by atoms with Gasteiger partial charge in [-0.05, 0) is 73.9 Å². The fraction of sp³-hybridized carbons (Fsp3) is 0.576. The number of ether oxygens (including phenoxy) is 1. The molecule has 2 bridgehead atoms. The Balaban J connectivity index is 1.12. The average Bonchev–Trinajstić information content (AvgIpc) is 3.04. The molecule has 1 saturated carbocycles.